The first-order valence-corrected chi connectivity index (χ1v) is 7.49. The van der Waals surface area contributed by atoms with Crippen LogP contribution in [0.3, 0.4) is 0 Å². The number of nitrogens with one attached hydrogen (secondary N) is 1. The van der Waals surface area contributed by atoms with Gasteiger partial charge >= 0.3 is 6.61 Å². The number of hydrogen-bond acceptors (Lipinski definition) is 4. The van der Waals surface area contributed by atoms with Crippen LogP contribution in [-0.2, 0) is 11.2 Å². The summed E-state index contributed by atoms with van der Waals surface area (Å²) < 4.78 is 28.3. The second kappa shape index (κ2) is 7.86. The van der Waals surface area contributed by atoms with Gasteiger partial charge in [0.25, 0.3) is 0 Å². The zero-order valence-corrected chi connectivity index (χ0v) is 12.4. The van der Waals surface area contributed by atoms with E-state index in [2.05, 4.69) is 10.1 Å². The molecule has 0 spiro atoms. The lowest BCUT2D eigenvalue weighted by atomic mass is 10.1. The van der Waals surface area contributed by atoms with E-state index in [1.165, 1.54) is 23.5 Å². The lowest BCUT2D eigenvalue weighted by Crippen LogP contribution is -2.29. The van der Waals surface area contributed by atoms with Gasteiger partial charge in [-0.2, -0.15) is 20.1 Å². The first kappa shape index (κ1) is 16.4. The molecule has 1 aromatic heterocycles. The SMILES string of the molecule is O=C(Cc1ccc(OC(F)F)cc1)NCC(O)c1ccsc1. The Morgan fingerprint density at radius 1 is 1.27 bits per heavy atom. The first-order valence-electron chi connectivity index (χ1n) is 6.55. The molecule has 0 aliphatic carbocycles. The fraction of sp³-hybridized carbons (Fsp3) is 0.267. The molecule has 0 bridgehead atoms. The molecule has 1 amide bonds. The number of aliphatic hydroxyl groups is 1. The maximum Gasteiger partial charge on any atom is 0.387 e. The molecule has 0 aliphatic rings. The van der Waals surface area contributed by atoms with Crippen LogP contribution in [0.15, 0.2) is 41.1 Å². The summed E-state index contributed by atoms with van der Waals surface area (Å²) in [6.45, 7) is -2.74. The number of carbonyl (C=O) groups excluding carboxylic acids is 1. The Morgan fingerprint density at radius 2 is 2.00 bits per heavy atom. The van der Waals surface area contributed by atoms with E-state index in [4.69, 9.17) is 0 Å². The van der Waals surface area contributed by atoms with Crippen molar-refractivity contribution in [1.29, 1.82) is 0 Å². The van der Waals surface area contributed by atoms with Gasteiger partial charge in [-0.25, -0.2) is 0 Å². The van der Waals surface area contributed by atoms with E-state index in [1.807, 2.05) is 10.8 Å². The number of halogens is 2. The molecule has 2 N–H and O–H groups in total. The Morgan fingerprint density at radius 3 is 2.59 bits per heavy atom. The first-order chi connectivity index (χ1) is 10.5. The van der Waals surface area contributed by atoms with E-state index in [0.717, 1.165) is 5.56 Å². The maximum absolute atomic E-state index is 12.0. The molecule has 1 atom stereocenters. The summed E-state index contributed by atoms with van der Waals surface area (Å²) >= 11 is 1.47. The number of carbonyl (C=O) groups is 1. The molecule has 1 aromatic carbocycles. The number of alkyl halides is 2. The van der Waals surface area contributed by atoms with E-state index in [-0.39, 0.29) is 24.6 Å². The van der Waals surface area contributed by atoms with Crippen LogP contribution < -0.4 is 10.1 Å². The molecular formula is C15H15F2NO3S. The molecule has 2 rings (SSSR count). The van der Waals surface area contributed by atoms with Crippen LogP contribution in [0, 0.1) is 0 Å². The van der Waals surface area contributed by atoms with Gasteiger partial charge in [-0.15, -0.1) is 0 Å². The van der Waals surface area contributed by atoms with Gasteiger partial charge in [0.05, 0.1) is 12.5 Å². The summed E-state index contributed by atoms with van der Waals surface area (Å²) in [5.74, 6) is -0.205. The predicted octanol–water partition coefficient (Wildman–Crippen LogP) is 2.74. The molecule has 118 valence electrons. The third kappa shape index (κ3) is 5.09. The zero-order chi connectivity index (χ0) is 15.9. The average molecular weight is 327 g/mol. The Labute approximate surface area is 130 Å². The van der Waals surface area contributed by atoms with Gasteiger partial charge in [0.15, 0.2) is 0 Å². The van der Waals surface area contributed by atoms with Crippen molar-refractivity contribution in [2.45, 2.75) is 19.1 Å². The highest BCUT2D eigenvalue weighted by molar-refractivity contribution is 7.07. The van der Waals surface area contributed by atoms with Gasteiger partial charge < -0.3 is 15.2 Å². The maximum atomic E-state index is 12.0. The van der Waals surface area contributed by atoms with Crippen molar-refractivity contribution in [1.82, 2.24) is 5.32 Å². The molecule has 4 nitrogen and oxygen atoms in total. The predicted molar refractivity (Wildman–Crippen MR) is 79.1 cm³/mol. The summed E-state index contributed by atoms with van der Waals surface area (Å²) in [6, 6.07) is 7.66. The zero-order valence-electron chi connectivity index (χ0n) is 11.5. The summed E-state index contributed by atoms with van der Waals surface area (Å²) in [5.41, 5.74) is 1.43. The van der Waals surface area contributed by atoms with E-state index >= 15 is 0 Å². The summed E-state index contributed by atoms with van der Waals surface area (Å²) in [5, 5.41) is 16.1. The molecule has 0 radical (unpaired) electrons. The van der Waals surface area contributed by atoms with Crippen LogP contribution in [0.25, 0.3) is 0 Å². The number of rotatable bonds is 7. The van der Waals surface area contributed by atoms with Crippen molar-refractivity contribution < 1.29 is 23.4 Å². The Balaban J connectivity index is 1.79. The molecule has 2 aromatic rings. The number of thiophene rings is 1. The monoisotopic (exact) mass is 327 g/mol. The highest BCUT2D eigenvalue weighted by Crippen LogP contribution is 2.16. The van der Waals surface area contributed by atoms with E-state index in [9.17, 15) is 18.7 Å². The molecule has 22 heavy (non-hydrogen) atoms. The highest BCUT2D eigenvalue weighted by atomic mass is 32.1. The molecule has 0 saturated carbocycles. The van der Waals surface area contributed by atoms with Crippen LogP contribution in [0.5, 0.6) is 5.75 Å². The van der Waals surface area contributed by atoms with E-state index in [0.29, 0.717) is 5.56 Å². The minimum absolute atomic E-state index is 0.0482. The number of amides is 1. The number of hydrogen-bond donors (Lipinski definition) is 2. The molecular weight excluding hydrogens is 312 g/mol. The minimum atomic E-state index is -2.87. The lowest BCUT2D eigenvalue weighted by Gasteiger charge is -2.11. The second-order valence-electron chi connectivity index (χ2n) is 4.58. The van der Waals surface area contributed by atoms with Crippen LogP contribution in [0.4, 0.5) is 8.78 Å². The molecule has 0 fully saturated rings. The van der Waals surface area contributed by atoms with Gasteiger partial charge in [0.1, 0.15) is 5.75 Å². The van der Waals surface area contributed by atoms with Gasteiger partial charge in [0.2, 0.25) is 5.91 Å². The van der Waals surface area contributed by atoms with Crippen LogP contribution in [-0.4, -0.2) is 24.2 Å². The van der Waals surface area contributed by atoms with Crippen LogP contribution >= 0.6 is 11.3 Å². The smallest absolute Gasteiger partial charge is 0.387 e. The van der Waals surface area contributed by atoms with Gasteiger partial charge in [0, 0.05) is 6.54 Å². The Bertz CT molecular complexity index is 587. The van der Waals surface area contributed by atoms with Crippen molar-refractivity contribution in [3.05, 3.63) is 52.2 Å². The van der Waals surface area contributed by atoms with Crippen molar-refractivity contribution in [2.75, 3.05) is 6.54 Å². The normalized spacial score (nSPS) is 12.2. The minimum Gasteiger partial charge on any atom is -0.435 e. The molecule has 1 heterocycles. The second-order valence-corrected chi connectivity index (χ2v) is 5.36. The van der Waals surface area contributed by atoms with Gasteiger partial charge in [-0.1, -0.05) is 12.1 Å². The van der Waals surface area contributed by atoms with Crippen LogP contribution in [0.2, 0.25) is 0 Å². The van der Waals surface area contributed by atoms with E-state index < -0.39 is 12.7 Å². The Hall–Kier alpha value is -1.99. The van der Waals surface area contributed by atoms with Gasteiger partial charge in [-0.3, -0.25) is 4.79 Å². The quantitative estimate of drug-likeness (QED) is 0.822. The fourth-order valence-electron chi connectivity index (χ4n) is 1.83. The largest absolute Gasteiger partial charge is 0.435 e. The van der Waals surface area contributed by atoms with Crippen LogP contribution in [0.1, 0.15) is 17.2 Å². The van der Waals surface area contributed by atoms with Crippen molar-refractivity contribution >= 4 is 17.2 Å². The third-order valence-corrected chi connectivity index (χ3v) is 3.64. The number of aliphatic hydroxyl groups excluding tert-OH is 1. The van der Waals surface area contributed by atoms with Crippen molar-refractivity contribution in [3.63, 3.8) is 0 Å². The van der Waals surface area contributed by atoms with E-state index in [1.54, 1.807) is 18.2 Å². The number of benzene rings is 1. The summed E-state index contributed by atoms with van der Waals surface area (Å²) in [6.07, 6.45) is -0.636. The standard InChI is InChI=1S/C15H15F2NO3S/c16-15(17)21-12-3-1-10(2-4-12)7-14(20)18-8-13(19)11-5-6-22-9-11/h1-6,9,13,15,19H,7-8H2,(H,18,20). The molecule has 0 saturated heterocycles. The fourth-order valence-corrected chi connectivity index (χ4v) is 2.54. The third-order valence-electron chi connectivity index (χ3n) is 2.93. The summed E-state index contributed by atoms with van der Waals surface area (Å²) in [7, 11) is 0. The topological polar surface area (TPSA) is 58.6 Å². The van der Waals surface area contributed by atoms with Crippen molar-refractivity contribution in [3.8, 4) is 5.75 Å². The van der Waals surface area contributed by atoms with Gasteiger partial charge in [-0.05, 0) is 40.1 Å². The lowest BCUT2D eigenvalue weighted by molar-refractivity contribution is -0.120. The average Bonchev–Trinajstić information content (AvgIpc) is 3.00. The molecule has 1 unspecified atom stereocenters. The Kier molecular flexibility index (Phi) is 5.85. The molecule has 7 heteroatoms. The van der Waals surface area contributed by atoms with Crippen molar-refractivity contribution in [2.24, 2.45) is 0 Å². The highest BCUT2D eigenvalue weighted by Gasteiger charge is 2.10. The summed E-state index contributed by atoms with van der Waals surface area (Å²) in [4.78, 5) is 11.8. The molecule has 0 aliphatic heterocycles. The number of ether oxygens (including phenoxy) is 1.